The van der Waals surface area contributed by atoms with Gasteiger partial charge in [0.05, 0.1) is 5.69 Å². The summed E-state index contributed by atoms with van der Waals surface area (Å²) in [6.45, 7) is 1.93. The highest BCUT2D eigenvalue weighted by atomic mass is 79.9. The molecule has 0 unspecified atom stereocenters. The molecule has 5 heteroatoms. The summed E-state index contributed by atoms with van der Waals surface area (Å²) in [7, 11) is 0. The molecule has 0 fully saturated rings. The number of halogens is 1. The van der Waals surface area contributed by atoms with Crippen LogP contribution >= 0.6 is 15.9 Å². The zero-order valence-corrected chi connectivity index (χ0v) is 9.80. The van der Waals surface area contributed by atoms with Gasteiger partial charge in [-0.3, -0.25) is 0 Å². The number of rotatable bonds is 1. The van der Waals surface area contributed by atoms with Crippen molar-refractivity contribution in [1.82, 2.24) is 9.97 Å². The molecule has 0 aliphatic heterocycles. The summed E-state index contributed by atoms with van der Waals surface area (Å²) in [5.41, 5.74) is 14.8. The van der Waals surface area contributed by atoms with Crippen molar-refractivity contribution in [2.45, 2.75) is 6.92 Å². The lowest BCUT2D eigenvalue weighted by molar-refractivity contribution is 1.26. The molecule has 1 aromatic carbocycles. The third-order valence-corrected chi connectivity index (χ3v) is 2.89. The molecule has 0 amide bonds. The van der Waals surface area contributed by atoms with Crippen LogP contribution in [0.4, 0.5) is 11.6 Å². The molecule has 0 atom stereocenters. The van der Waals surface area contributed by atoms with Crippen molar-refractivity contribution >= 4 is 27.6 Å². The number of anilines is 2. The Labute approximate surface area is 95.8 Å². The number of hydrogen-bond acceptors (Lipinski definition) is 3. The van der Waals surface area contributed by atoms with Crippen LogP contribution in [0.2, 0.25) is 0 Å². The highest BCUT2D eigenvalue weighted by molar-refractivity contribution is 9.10. The van der Waals surface area contributed by atoms with E-state index in [4.69, 9.17) is 11.5 Å². The van der Waals surface area contributed by atoms with Gasteiger partial charge in [0.2, 0.25) is 0 Å². The van der Waals surface area contributed by atoms with E-state index in [0.717, 1.165) is 21.4 Å². The number of nitrogens with one attached hydrogen (secondary N) is 1. The van der Waals surface area contributed by atoms with Crippen LogP contribution in [0.3, 0.4) is 0 Å². The van der Waals surface area contributed by atoms with Gasteiger partial charge < -0.3 is 16.5 Å². The fourth-order valence-electron chi connectivity index (χ4n) is 1.46. The van der Waals surface area contributed by atoms with Crippen molar-refractivity contribution < 1.29 is 0 Å². The van der Waals surface area contributed by atoms with E-state index in [1.54, 1.807) is 0 Å². The first kappa shape index (κ1) is 10.0. The van der Waals surface area contributed by atoms with E-state index in [-0.39, 0.29) is 0 Å². The SMILES string of the molecule is Cc1[nH]c(N)nc1-c1ccc(Br)c(N)c1. The molecule has 0 spiro atoms. The van der Waals surface area contributed by atoms with Gasteiger partial charge in [-0.2, -0.15) is 0 Å². The first-order valence-corrected chi connectivity index (χ1v) is 5.24. The highest BCUT2D eigenvalue weighted by Crippen LogP contribution is 2.28. The smallest absolute Gasteiger partial charge is 0.198 e. The third kappa shape index (κ3) is 1.83. The summed E-state index contributed by atoms with van der Waals surface area (Å²) in [6, 6.07) is 5.71. The molecule has 0 saturated heterocycles. The zero-order chi connectivity index (χ0) is 11.0. The average Bonchev–Trinajstić information content (AvgIpc) is 2.50. The van der Waals surface area contributed by atoms with E-state index < -0.39 is 0 Å². The molecule has 5 N–H and O–H groups in total. The van der Waals surface area contributed by atoms with Crippen molar-refractivity contribution in [3.8, 4) is 11.3 Å². The van der Waals surface area contributed by atoms with Gasteiger partial charge >= 0.3 is 0 Å². The summed E-state index contributed by atoms with van der Waals surface area (Å²) < 4.78 is 0.882. The van der Waals surface area contributed by atoms with Gasteiger partial charge in [-0.25, -0.2) is 4.98 Å². The normalized spacial score (nSPS) is 10.5. The molecule has 0 bridgehead atoms. The largest absolute Gasteiger partial charge is 0.398 e. The zero-order valence-electron chi connectivity index (χ0n) is 8.21. The van der Waals surface area contributed by atoms with Crippen LogP contribution in [0, 0.1) is 6.92 Å². The minimum absolute atomic E-state index is 0.420. The second kappa shape index (κ2) is 3.58. The van der Waals surface area contributed by atoms with Crippen molar-refractivity contribution in [1.29, 1.82) is 0 Å². The Hall–Kier alpha value is -1.49. The Morgan fingerprint density at radius 1 is 1.33 bits per heavy atom. The van der Waals surface area contributed by atoms with E-state index in [2.05, 4.69) is 25.9 Å². The standard InChI is InChI=1S/C10H11BrN4/c1-5-9(15-10(13)14-5)6-2-3-7(11)8(12)4-6/h2-4H,12H2,1H3,(H3,13,14,15). The quantitative estimate of drug-likeness (QED) is 0.693. The van der Waals surface area contributed by atoms with Crippen LogP contribution in [0.1, 0.15) is 5.69 Å². The first-order valence-electron chi connectivity index (χ1n) is 4.45. The van der Waals surface area contributed by atoms with Crippen molar-refractivity contribution in [2.24, 2.45) is 0 Å². The second-order valence-corrected chi connectivity index (χ2v) is 4.19. The number of nitrogens with zero attached hydrogens (tertiary/aromatic N) is 1. The lowest BCUT2D eigenvalue weighted by Gasteiger charge is -2.02. The molecule has 0 aliphatic rings. The Morgan fingerprint density at radius 3 is 2.60 bits per heavy atom. The molecule has 4 nitrogen and oxygen atoms in total. The Balaban J connectivity index is 2.54. The number of hydrogen-bond donors (Lipinski definition) is 3. The first-order chi connectivity index (χ1) is 7.08. The predicted molar refractivity (Wildman–Crippen MR) is 65.3 cm³/mol. The Morgan fingerprint density at radius 2 is 2.07 bits per heavy atom. The molecule has 15 heavy (non-hydrogen) atoms. The second-order valence-electron chi connectivity index (χ2n) is 3.33. The maximum Gasteiger partial charge on any atom is 0.198 e. The van der Waals surface area contributed by atoms with Gasteiger partial charge in [-0.1, -0.05) is 6.07 Å². The predicted octanol–water partition coefficient (Wildman–Crippen LogP) is 2.31. The molecule has 0 saturated carbocycles. The van der Waals surface area contributed by atoms with Crippen molar-refractivity contribution in [3.63, 3.8) is 0 Å². The van der Waals surface area contributed by atoms with Crippen LogP contribution < -0.4 is 11.5 Å². The topological polar surface area (TPSA) is 80.7 Å². The number of aromatic amines is 1. The van der Waals surface area contributed by atoms with E-state index in [0.29, 0.717) is 11.6 Å². The maximum absolute atomic E-state index is 5.80. The summed E-state index contributed by atoms with van der Waals surface area (Å²) in [5, 5.41) is 0. The van der Waals surface area contributed by atoms with Crippen LogP contribution in [0.15, 0.2) is 22.7 Å². The summed E-state index contributed by atoms with van der Waals surface area (Å²) in [4.78, 5) is 7.16. The molecular formula is C10H11BrN4. The van der Waals surface area contributed by atoms with Crippen LogP contribution in [-0.2, 0) is 0 Å². The number of aromatic nitrogens is 2. The molecule has 1 aromatic heterocycles. The number of aryl methyl sites for hydroxylation is 1. The Kier molecular flexibility index (Phi) is 2.40. The lowest BCUT2D eigenvalue weighted by atomic mass is 10.1. The van der Waals surface area contributed by atoms with E-state index in [1.165, 1.54) is 0 Å². The van der Waals surface area contributed by atoms with Gasteiger partial charge in [-0.15, -0.1) is 0 Å². The molecule has 78 valence electrons. The van der Waals surface area contributed by atoms with Gasteiger partial charge in [0.1, 0.15) is 0 Å². The monoisotopic (exact) mass is 266 g/mol. The van der Waals surface area contributed by atoms with Gasteiger partial charge in [0.25, 0.3) is 0 Å². The van der Waals surface area contributed by atoms with Crippen molar-refractivity contribution in [2.75, 3.05) is 11.5 Å². The number of nitrogens with two attached hydrogens (primary N) is 2. The number of imidazole rings is 1. The van der Waals surface area contributed by atoms with E-state index in [1.807, 2.05) is 25.1 Å². The molecule has 0 radical (unpaired) electrons. The maximum atomic E-state index is 5.80. The van der Waals surface area contributed by atoms with Crippen LogP contribution in [-0.4, -0.2) is 9.97 Å². The van der Waals surface area contributed by atoms with E-state index in [9.17, 15) is 0 Å². The fraction of sp³-hybridized carbons (Fsp3) is 0.100. The Bertz CT molecular complexity index is 504. The average molecular weight is 267 g/mol. The summed E-state index contributed by atoms with van der Waals surface area (Å²) >= 11 is 3.35. The van der Waals surface area contributed by atoms with Crippen molar-refractivity contribution in [3.05, 3.63) is 28.4 Å². The molecule has 2 aromatic rings. The third-order valence-electron chi connectivity index (χ3n) is 2.17. The number of H-pyrrole nitrogens is 1. The molecule has 2 rings (SSSR count). The molecule has 1 heterocycles. The highest BCUT2D eigenvalue weighted by Gasteiger charge is 2.08. The van der Waals surface area contributed by atoms with Gasteiger partial charge in [-0.05, 0) is 35.0 Å². The lowest BCUT2D eigenvalue weighted by Crippen LogP contribution is -1.89. The summed E-state index contributed by atoms with van der Waals surface area (Å²) in [5.74, 6) is 0.420. The number of nitrogen functional groups attached to an aromatic ring is 2. The minimum atomic E-state index is 0.420. The van der Waals surface area contributed by atoms with Gasteiger partial charge in [0.15, 0.2) is 5.95 Å². The fourth-order valence-corrected chi connectivity index (χ4v) is 1.70. The molecular weight excluding hydrogens is 256 g/mol. The van der Waals surface area contributed by atoms with E-state index >= 15 is 0 Å². The molecule has 0 aliphatic carbocycles. The van der Waals surface area contributed by atoms with Gasteiger partial charge in [0, 0.05) is 21.4 Å². The minimum Gasteiger partial charge on any atom is -0.398 e. The van der Waals surface area contributed by atoms with Crippen LogP contribution in [0.5, 0.6) is 0 Å². The van der Waals surface area contributed by atoms with Crippen LogP contribution in [0.25, 0.3) is 11.3 Å². The summed E-state index contributed by atoms with van der Waals surface area (Å²) in [6.07, 6.45) is 0. The number of benzene rings is 1.